The van der Waals surface area contributed by atoms with E-state index in [1.165, 1.54) is 23.4 Å². The molecule has 3 fully saturated rings. The third-order valence-electron chi connectivity index (χ3n) is 10.8. The Hall–Kier alpha value is -4.36. The van der Waals surface area contributed by atoms with Crippen molar-refractivity contribution in [2.45, 2.75) is 98.8 Å². The van der Waals surface area contributed by atoms with Crippen LogP contribution in [0.5, 0.6) is 0 Å². The van der Waals surface area contributed by atoms with E-state index in [-0.39, 0.29) is 40.8 Å². The van der Waals surface area contributed by atoms with Crippen molar-refractivity contribution in [2.24, 2.45) is 39.7 Å². The van der Waals surface area contributed by atoms with Gasteiger partial charge in [-0.15, -0.1) is 0 Å². The number of amides is 7. The number of nitrogens with zero attached hydrogens (tertiary/aromatic N) is 3. The predicted molar refractivity (Wildman–Crippen MR) is 177 cm³/mol. The van der Waals surface area contributed by atoms with Crippen LogP contribution in [0, 0.1) is 34.0 Å². The molecule has 4 aliphatic rings. The van der Waals surface area contributed by atoms with Crippen LogP contribution >= 0.6 is 0 Å². The molecule has 1 saturated heterocycles. The number of ketones is 1. The number of Topliss-reactive ketones (excluding diaryl/α,β-unsaturated/α-hetero) is 1. The molecule has 14 nitrogen and oxygen atoms in total. The number of pyridine rings is 1. The molecule has 2 aliphatic carbocycles. The maximum Gasteiger partial charge on any atom is 0.315 e. The fraction of sp³-hybridized carbons (Fsp3) is 0.657. The minimum absolute atomic E-state index is 0.0375. The molecule has 7 amide bonds. The molecular formula is C35H49N7O7. The third-order valence-corrected chi connectivity index (χ3v) is 10.8. The van der Waals surface area contributed by atoms with Crippen LogP contribution in [-0.4, -0.2) is 93.4 Å². The Morgan fingerprint density at radius 3 is 2.14 bits per heavy atom. The van der Waals surface area contributed by atoms with Gasteiger partial charge in [0.25, 0.3) is 17.7 Å². The Morgan fingerprint density at radius 1 is 0.959 bits per heavy atom. The second-order valence-corrected chi connectivity index (χ2v) is 16.8. The zero-order valence-electron chi connectivity index (χ0n) is 29.6. The summed E-state index contributed by atoms with van der Waals surface area (Å²) >= 11 is 0. The van der Waals surface area contributed by atoms with Gasteiger partial charge in [0.05, 0.1) is 29.8 Å². The summed E-state index contributed by atoms with van der Waals surface area (Å²) in [6.07, 6.45) is 4.90. The predicted octanol–water partition coefficient (Wildman–Crippen LogP) is 1.63. The summed E-state index contributed by atoms with van der Waals surface area (Å²) in [5.41, 5.74) is 4.14. The van der Waals surface area contributed by atoms with Gasteiger partial charge in [0, 0.05) is 18.9 Å². The molecule has 0 spiro atoms. The zero-order chi connectivity index (χ0) is 36.4. The third kappa shape index (κ3) is 7.04. The molecule has 266 valence electrons. The number of nitrogens with one attached hydrogen (secondary N) is 3. The number of hydrogen-bond donors (Lipinski definition) is 4. The van der Waals surface area contributed by atoms with E-state index in [4.69, 9.17) is 5.73 Å². The molecule has 1 aromatic rings. The Balaban J connectivity index is 1.32. The van der Waals surface area contributed by atoms with E-state index >= 15 is 0 Å². The van der Waals surface area contributed by atoms with Crippen molar-refractivity contribution in [1.82, 2.24) is 30.7 Å². The van der Waals surface area contributed by atoms with Crippen LogP contribution in [0.2, 0.25) is 0 Å². The van der Waals surface area contributed by atoms with E-state index in [1.807, 2.05) is 34.6 Å². The first-order chi connectivity index (χ1) is 22.6. The first kappa shape index (κ1) is 35.9. The van der Waals surface area contributed by atoms with Crippen LogP contribution in [-0.2, 0) is 19.2 Å². The monoisotopic (exact) mass is 679 g/mol. The van der Waals surface area contributed by atoms with E-state index in [2.05, 4.69) is 20.9 Å². The number of rotatable bonds is 11. The highest BCUT2D eigenvalue weighted by molar-refractivity contribution is 6.37. The van der Waals surface area contributed by atoms with Crippen molar-refractivity contribution in [2.75, 3.05) is 13.1 Å². The van der Waals surface area contributed by atoms with E-state index < -0.39 is 76.3 Å². The van der Waals surface area contributed by atoms with Gasteiger partial charge >= 0.3 is 6.03 Å². The number of carbonyl (C=O) groups excluding carboxylic acids is 7. The van der Waals surface area contributed by atoms with Crippen molar-refractivity contribution in [3.63, 3.8) is 0 Å². The van der Waals surface area contributed by atoms with Crippen molar-refractivity contribution < 1.29 is 33.6 Å². The summed E-state index contributed by atoms with van der Waals surface area (Å²) in [7, 11) is 0. The molecule has 6 atom stereocenters. The Bertz CT molecular complexity index is 1550. The van der Waals surface area contributed by atoms with Crippen LogP contribution in [0.4, 0.5) is 4.79 Å². The van der Waals surface area contributed by atoms with E-state index in [1.54, 1.807) is 20.8 Å². The SMILES string of the molecule is CC(C)(C)[C@H](NC(=O)N[C@H](CN1C(=O)c2ccncc2C1=O)C(C)(C)C)C(=O)N1C[C@H]2C([C@H]1C(=O)NC(CC1CC1)C(=O)C(N)=O)C2(C)C. The van der Waals surface area contributed by atoms with Crippen LogP contribution in [0.3, 0.4) is 0 Å². The number of likely N-dealkylation sites (tertiary alicyclic amines) is 1. The second-order valence-electron chi connectivity index (χ2n) is 16.8. The maximum absolute atomic E-state index is 14.4. The normalized spacial score (nSPS) is 24.4. The lowest BCUT2D eigenvalue weighted by atomic mass is 9.85. The molecule has 0 radical (unpaired) electrons. The number of imide groups is 1. The summed E-state index contributed by atoms with van der Waals surface area (Å²) in [5, 5.41) is 8.48. The number of nitrogens with two attached hydrogens (primary N) is 1. The summed E-state index contributed by atoms with van der Waals surface area (Å²) in [4.78, 5) is 99.1. The van der Waals surface area contributed by atoms with Crippen LogP contribution in [0.1, 0.15) is 95.4 Å². The van der Waals surface area contributed by atoms with Gasteiger partial charge in [-0.1, -0.05) is 68.2 Å². The van der Waals surface area contributed by atoms with Crippen molar-refractivity contribution >= 4 is 41.4 Å². The second kappa shape index (κ2) is 12.5. The molecular weight excluding hydrogens is 630 g/mol. The van der Waals surface area contributed by atoms with Crippen LogP contribution < -0.4 is 21.7 Å². The van der Waals surface area contributed by atoms with Crippen LogP contribution in [0.15, 0.2) is 18.5 Å². The number of piperidine rings is 1. The molecule has 5 N–H and O–H groups in total. The number of fused-ring (bicyclic) bond motifs is 2. The number of carbonyl (C=O) groups is 7. The number of hydrogen-bond acceptors (Lipinski definition) is 8. The van der Waals surface area contributed by atoms with Gasteiger partial charge in [-0.3, -0.25) is 38.7 Å². The van der Waals surface area contributed by atoms with E-state index in [0.717, 1.165) is 17.7 Å². The van der Waals surface area contributed by atoms with E-state index in [9.17, 15) is 33.6 Å². The Morgan fingerprint density at radius 2 is 1.59 bits per heavy atom. The van der Waals surface area contributed by atoms with Crippen molar-refractivity contribution in [3.05, 3.63) is 29.6 Å². The number of urea groups is 1. The first-order valence-corrected chi connectivity index (χ1v) is 17.0. The summed E-state index contributed by atoms with van der Waals surface area (Å²) < 4.78 is 0. The first-order valence-electron chi connectivity index (χ1n) is 17.0. The van der Waals surface area contributed by atoms with Gasteiger partial charge in [0.1, 0.15) is 12.1 Å². The largest absolute Gasteiger partial charge is 0.363 e. The Labute approximate surface area is 286 Å². The average molecular weight is 680 g/mol. The minimum Gasteiger partial charge on any atom is -0.363 e. The lowest BCUT2D eigenvalue weighted by Crippen LogP contribution is -2.62. The molecule has 49 heavy (non-hydrogen) atoms. The van der Waals surface area contributed by atoms with Gasteiger partial charge in [-0.25, -0.2) is 4.79 Å². The Kier molecular flexibility index (Phi) is 9.17. The molecule has 1 aromatic heterocycles. The maximum atomic E-state index is 14.4. The smallest absolute Gasteiger partial charge is 0.315 e. The highest BCUT2D eigenvalue weighted by Gasteiger charge is 2.70. The quantitative estimate of drug-likeness (QED) is 0.200. The van der Waals surface area contributed by atoms with Crippen molar-refractivity contribution in [3.8, 4) is 0 Å². The summed E-state index contributed by atoms with van der Waals surface area (Å²) in [6, 6.07) is -2.91. The summed E-state index contributed by atoms with van der Waals surface area (Å²) in [6.45, 7) is 15.3. The lowest BCUT2D eigenvalue weighted by Gasteiger charge is -2.39. The molecule has 2 saturated carbocycles. The lowest BCUT2D eigenvalue weighted by molar-refractivity contribution is -0.145. The van der Waals surface area contributed by atoms with Crippen LogP contribution in [0.25, 0.3) is 0 Å². The average Bonchev–Trinajstić information content (AvgIpc) is 3.83. The standard InChI is InChI=1S/C35H49N7O7/c1-33(2,3)22(16-42-29(46)18-11-12-37-14-19(18)30(42)47)39-32(49)40-26(34(4,5)6)31(48)41-15-20-23(35(20,7)8)24(41)28(45)38-21(13-17-9-10-17)25(43)27(36)44/h11-12,14,17,20-24,26H,9-10,13,15-16H2,1-8H3,(H2,36,44)(H,38,45)(H2,39,40,49)/t20-,21?,22+,23?,24-,26+/m0/s1. The molecule has 2 unspecified atom stereocenters. The van der Waals surface area contributed by atoms with Crippen molar-refractivity contribution in [1.29, 1.82) is 0 Å². The summed E-state index contributed by atoms with van der Waals surface area (Å²) in [5.74, 6) is -3.83. The number of aromatic nitrogens is 1. The fourth-order valence-electron chi connectivity index (χ4n) is 7.32. The van der Waals surface area contributed by atoms with E-state index in [0.29, 0.717) is 13.0 Å². The molecule has 0 bridgehead atoms. The molecule has 3 heterocycles. The highest BCUT2D eigenvalue weighted by Crippen LogP contribution is 2.65. The minimum atomic E-state index is -1.12. The molecule has 2 aliphatic heterocycles. The molecule has 14 heteroatoms. The topological polar surface area (TPSA) is 201 Å². The van der Waals surface area contributed by atoms with Gasteiger partial charge in [0.15, 0.2) is 0 Å². The highest BCUT2D eigenvalue weighted by atomic mass is 16.2. The van der Waals surface area contributed by atoms with Gasteiger partial charge in [-0.05, 0) is 46.5 Å². The zero-order valence-corrected chi connectivity index (χ0v) is 29.6. The fourth-order valence-corrected chi connectivity index (χ4v) is 7.32. The number of primary amides is 1. The van der Waals surface area contributed by atoms with Gasteiger partial charge in [0.2, 0.25) is 17.6 Å². The molecule has 5 rings (SSSR count). The van der Waals surface area contributed by atoms with Gasteiger partial charge in [-0.2, -0.15) is 0 Å². The van der Waals surface area contributed by atoms with Gasteiger partial charge < -0.3 is 26.6 Å². The molecule has 0 aromatic carbocycles.